The maximum Gasteiger partial charge on any atom is 0.264 e. The number of amides is 2. The lowest BCUT2D eigenvalue weighted by atomic mass is 9.89. The van der Waals surface area contributed by atoms with Crippen molar-refractivity contribution in [3.8, 4) is 0 Å². The van der Waals surface area contributed by atoms with Gasteiger partial charge in [-0.25, -0.2) is 9.97 Å². The number of piperidine rings is 1. The molecule has 0 aliphatic carbocycles. The summed E-state index contributed by atoms with van der Waals surface area (Å²) in [6.45, 7) is 1.73. The molecule has 1 aliphatic heterocycles. The molecule has 1 aliphatic rings. The summed E-state index contributed by atoms with van der Waals surface area (Å²) in [6.07, 6.45) is 7.55. The minimum atomic E-state index is -0.438. The van der Waals surface area contributed by atoms with E-state index in [-0.39, 0.29) is 0 Å². The number of carbonyl (C=O) groups excluding carboxylic acids is 2. The molecule has 7 nitrogen and oxygen atoms in total. The Morgan fingerprint density at radius 2 is 1.96 bits per heavy atom. The standard InChI is InChI=1S/C20H23N5O2S/c1-28-18(19(27)23-13-26)12-17-6-9-22-20(24-17)25-10-7-15(8-11-25)14-2-4-16(21)5-3-14/h2-6,9,12-13,15H,7-8,10-11,21H2,1H3,(H,23,26,27)/b18-12-. The zero-order valence-electron chi connectivity index (χ0n) is 15.7. The van der Waals surface area contributed by atoms with Crippen LogP contribution in [0.5, 0.6) is 0 Å². The first kappa shape index (κ1) is 19.9. The molecule has 1 aromatic carbocycles. The highest BCUT2D eigenvalue weighted by Crippen LogP contribution is 2.30. The van der Waals surface area contributed by atoms with Crippen LogP contribution in [-0.4, -0.2) is 41.6 Å². The number of benzene rings is 1. The number of imide groups is 1. The van der Waals surface area contributed by atoms with Crippen LogP contribution in [0.1, 0.15) is 30.0 Å². The molecule has 28 heavy (non-hydrogen) atoms. The Morgan fingerprint density at radius 3 is 2.61 bits per heavy atom. The summed E-state index contributed by atoms with van der Waals surface area (Å²) in [5, 5.41) is 2.15. The molecule has 0 bridgehead atoms. The van der Waals surface area contributed by atoms with Gasteiger partial charge in [-0.05, 0) is 54.9 Å². The molecule has 2 amide bonds. The number of thioether (sulfide) groups is 1. The van der Waals surface area contributed by atoms with Crippen molar-refractivity contribution >= 4 is 41.8 Å². The Kier molecular flexibility index (Phi) is 6.65. The second-order valence-electron chi connectivity index (χ2n) is 6.51. The lowest BCUT2D eigenvalue weighted by molar-refractivity contribution is -0.121. The van der Waals surface area contributed by atoms with Gasteiger partial charge >= 0.3 is 0 Å². The molecule has 8 heteroatoms. The number of nitrogens with one attached hydrogen (secondary N) is 1. The van der Waals surface area contributed by atoms with Gasteiger partial charge in [0.25, 0.3) is 5.91 Å². The number of anilines is 2. The Hall–Kier alpha value is -2.87. The topological polar surface area (TPSA) is 101 Å². The second-order valence-corrected chi connectivity index (χ2v) is 7.36. The van der Waals surface area contributed by atoms with Crippen molar-refractivity contribution in [3.63, 3.8) is 0 Å². The average Bonchev–Trinajstić information content (AvgIpc) is 2.73. The molecular formula is C20H23N5O2S. The van der Waals surface area contributed by atoms with Crippen LogP contribution in [0.25, 0.3) is 6.08 Å². The highest BCUT2D eigenvalue weighted by Gasteiger charge is 2.22. The lowest BCUT2D eigenvalue weighted by Gasteiger charge is -2.32. The third-order valence-corrected chi connectivity index (χ3v) is 5.51. The zero-order chi connectivity index (χ0) is 19.9. The summed E-state index contributed by atoms with van der Waals surface area (Å²) in [6, 6.07) is 9.85. The number of carbonyl (C=O) groups is 2. The van der Waals surface area contributed by atoms with E-state index in [1.165, 1.54) is 17.3 Å². The normalized spacial score (nSPS) is 15.3. The maximum atomic E-state index is 11.9. The second kappa shape index (κ2) is 9.36. The van der Waals surface area contributed by atoms with Crippen LogP contribution in [0.4, 0.5) is 11.6 Å². The Bertz CT molecular complexity index is 861. The number of aromatic nitrogens is 2. The van der Waals surface area contributed by atoms with E-state index in [9.17, 15) is 9.59 Å². The van der Waals surface area contributed by atoms with E-state index in [1.54, 1.807) is 24.6 Å². The van der Waals surface area contributed by atoms with Crippen LogP contribution < -0.4 is 16.0 Å². The van der Waals surface area contributed by atoms with Gasteiger partial charge < -0.3 is 10.6 Å². The summed E-state index contributed by atoms with van der Waals surface area (Å²) < 4.78 is 0. The number of nitrogens with two attached hydrogens (primary N) is 1. The molecule has 1 fully saturated rings. The molecule has 2 heterocycles. The molecule has 1 aromatic heterocycles. The van der Waals surface area contributed by atoms with Crippen LogP contribution >= 0.6 is 11.8 Å². The number of nitrogen functional groups attached to an aromatic ring is 1. The minimum Gasteiger partial charge on any atom is -0.399 e. The van der Waals surface area contributed by atoms with Crippen molar-refractivity contribution in [1.82, 2.24) is 15.3 Å². The number of hydrogen-bond donors (Lipinski definition) is 2. The van der Waals surface area contributed by atoms with E-state index >= 15 is 0 Å². The molecule has 0 unspecified atom stereocenters. The van der Waals surface area contributed by atoms with Crippen LogP contribution in [0, 0.1) is 0 Å². The van der Waals surface area contributed by atoms with Crippen LogP contribution in [0.3, 0.4) is 0 Å². The maximum absolute atomic E-state index is 11.9. The Morgan fingerprint density at radius 1 is 1.25 bits per heavy atom. The molecule has 0 saturated carbocycles. The molecule has 3 rings (SSSR count). The quantitative estimate of drug-likeness (QED) is 0.438. The first-order valence-corrected chi connectivity index (χ1v) is 10.3. The first-order valence-electron chi connectivity index (χ1n) is 9.04. The predicted octanol–water partition coefficient (Wildman–Crippen LogP) is 2.42. The van der Waals surface area contributed by atoms with E-state index in [4.69, 9.17) is 5.73 Å². The van der Waals surface area contributed by atoms with Crippen molar-refractivity contribution in [1.29, 1.82) is 0 Å². The highest BCUT2D eigenvalue weighted by molar-refractivity contribution is 8.03. The van der Waals surface area contributed by atoms with Crippen molar-refractivity contribution in [2.24, 2.45) is 0 Å². The monoisotopic (exact) mass is 397 g/mol. The van der Waals surface area contributed by atoms with Gasteiger partial charge in [-0.2, -0.15) is 0 Å². The fraction of sp³-hybridized carbons (Fsp3) is 0.300. The number of nitrogens with zero attached hydrogens (tertiary/aromatic N) is 3. The van der Waals surface area contributed by atoms with E-state index in [0.29, 0.717) is 28.9 Å². The summed E-state index contributed by atoms with van der Waals surface area (Å²) in [5.41, 5.74) is 8.51. The smallest absolute Gasteiger partial charge is 0.264 e. The Labute approximate surface area is 168 Å². The SMILES string of the molecule is CS/C(=C\c1ccnc(N2CCC(c3ccc(N)cc3)CC2)n1)C(=O)NC=O. The molecular weight excluding hydrogens is 374 g/mol. The van der Waals surface area contributed by atoms with Crippen molar-refractivity contribution in [2.45, 2.75) is 18.8 Å². The predicted molar refractivity (Wildman–Crippen MR) is 113 cm³/mol. The molecule has 1 saturated heterocycles. The number of rotatable bonds is 6. The number of hydrogen-bond acceptors (Lipinski definition) is 7. The van der Waals surface area contributed by atoms with Crippen LogP contribution in [0.2, 0.25) is 0 Å². The fourth-order valence-electron chi connectivity index (χ4n) is 3.25. The van der Waals surface area contributed by atoms with Gasteiger partial charge in [0.1, 0.15) is 0 Å². The van der Waals surface area contributed by atoms with E-state index in [0.717, 1.165) is 31.6 Å². The lowest BCUT2D eigenvalue weighted by Crippen LogP contribution is -2.34. The molecule has 0 radical (unpaired) electrons. The third kappa shape index (κ3) is 4.89. The van der Waals surface area contributed by atoms with Crippen LogP contribution in [0.15, 0.2) is 41.4 Å². The largest absolute Gasteiger partial charge is 0.399 e. The van der Waals surface area contributed by atoms with Gasteiger partial charge in [0.2, 0.25) is 12.4 Å². The van der Waals surface area contributed by atoms with Crippen molar-refractivity contribution in [3.05, 3.63) is 52.7 Å². The van der Waals surface area contributed by atoms with E-state index in [2.05, 4.69) is 32.3 Å². The Balaban J connectivity index is 1.68. The van der Waals surface area contributed by atoms with Gasteiger partial charge in [-0.1, -0.05) is 12.1 Å². The molecule has 3 N–H and O–H groups in total. The molecule has 146 valence electrons. The minimum absolute atomic E-state index is 0.378. The molecule has 0 atom stereocenters. The summed E-state index contributed by atoms with van der Waals surface area (Å²) >= 11 is 1.26. The third-order valence-electron chi connectivity index (χ3n) is 4.76. The first-order chi connectivity index (χ1) is 13.6. The van der Waals surface area contributed by atoms with Gasteiger partial charge in [-0.3, -0.25) is 14.9 Å². The summed E-state index contributed by atoms with van der Waals surface area (Å²) in [4.78, 5) is 33.9. The fourth-order valence-corrected chi connectivity index (χ4v) is 3.73. The van der Waals surface area contributed by atoms with E-state index < -0.39 is 5.91 Å². The highest BCUT2D eigenvalue weighted by atomic mass is 32.2. The zero-order valence-corrected chi connectivity index (χ0v) is 16.5. The molecule has 0 spiro atoms. The molecule has 2 aromatic rings. The van der Waals surface area contributed by atoms with Gasteiger partial charge in [0.05, 0.1) is 10.6 Å². The average molecular weight is 398 g/mol. The van der Waals surface area contributed by atoms with Crippen molar-refractivity contribution in [2.75, 3.05) is 30.0 Å². The van der Waals surface area contributed by atoms with Gasteiger partial charge in [0, 0.05) is 25.0 Å². The van der Waals surface area contributed by atoms with Gasteiger partial charge in [0.15, 0.2) is 0 Å². The summed E-state index contributed by atoms with van der Waals surface area (Å²) in [5.74, 6) is 0.725. The van der Waals surface area contributed by atoms with E-state index in [1.807, 2.05) is 12.1 Å². The summed E-state index contributed by atoms with van der Waals surface area (Å²) in [7, 11) is 0. The van der Waals surface area contributed by atoms with Gasteiger partial charge in [-0.15, -0.1) is 11.8 Å². The van der Waals surface area contributed by atoms with Crippen LogP contribution in [-0.2, 0) is 9.59 Å². The van der Waals surface area contributed by atoms with Crippen molar-refractivity contribution < 1.29 is 9.59 Å².